The van der Waals surface area contributed by atoms with Crippen molar-refractivity contribution >= 4 is 46.0 Å². The van der Waals surface area contributed by atoms with Crippen LogP contribution in [0.2, 0.25) is 0 Å². The van der Waals surface area contributed by atoms with Gasteiger partial charge in [-0.1, -0.05) is 30.3 Å². The first kappa shape index (κ1) is 20.1. The Bertz CT molecular complexity index is 1050. The van der Waals surface area contributed by atoms with Crippen molar-refractivity contribution in [1.29, 1.82) is 0 Å². The van der Waals surface area contributed by atoms with Crippen molar-refractivity contribution in [2.24, 2.45) is 0 Å². The molecule has 0 aliphatic rings. The molecule has 0 aliphatic heterocycles. The number of benzene rings is 2. The fourth-order valence-corrected chi connectivity index (χ4v) is 2.60. The van der Waals surface area contributed by atoms with Crippen LogP contribution in [0.4, 0.5) is 0 Å². The second-order valence-electron chi connectivity index (χ2n) is 6.05. The number of carbonyl (C=O) groups is 2. The monoisotopic (exact) mass is 409 g/mol. The van der Waals surface area contributed by atoms with Gasteiger partial charge in [-0.2, -0.15) is 0 Å². The number of thiocarbonyl (C=S) groups is 1. The van der Waals surface area contributed by atoms with E-state index in [4.69, 9.17) is 21.4 Å². The Balaban J connectivity index is 1.45. The summed E-state index contributed by atoms with van der Waals surface area (Å²) in [5.41, 5.74) is 4.87. The molecule has 2 aromatic carbocycles. The highest BCUT2D eigenvalue weighted by Crippen LogP contribution is 2.21. The molecule has 0 spiro atoms. The highest BCUT2D eigenvalue weighted by molar-refractivity contribution is 7.80. The van der Waals surface area contributed by atoms with Crippen LogP contribution in [0.3, 0.4) is 0 Å². The molecule has 3 aromatic rings. The zero-order valence-electron chi connectivity index (χ0n) is 15.5. The van der Waals surface area contributed by atoms with Crippen molar-refractivity contribution < 1.29 is 18.7 Å². The van der Waals surface area contributed by atoms with Crippen molar-refractivity contribution in [2.45, 2.75) is 13.0 Å². The van der Waals surface area contributed by atoms with Gasteiger partial charge in [-0.25, -0.2) is 0 Å². The average molecular weight is 409 g/mol. The number of hydrogen-bond acceptors (Lipinski definition) is 5. The zero-order chi connectivity index (χ0) is 20.6. The van der Waals surface area contributed by atoms with Crippen LogP contribution in [0.15, 0.2) is 71.4 Å². The fraction of sp³-hybridized carbons (Fsp3) is 0.0952. The van der Waals surface area contributed by atoms with Gasteiger partial charge in [0.15, 0.2) is 11.2 Å². The summed E-state index contributed by atoms with van der Waals surface area (Å²) in [4.78, 5) is 24.0. The highest BCUT2D eigenvalue weighted by atomic mass is 32.1. The van der Waals surface area contributed by atoms with E-state index in [1.165, 1.54) is 18.4 Å². The van der Waals surface area contributed by atoms with Crippen molar-refractivity contribution in [3.63, 3.8) is 0 Å². The predicted molar refractivity (Wildman–Crippen MR) is 114 cm³/mol. The van der Waals surface area contributed by atoms with Gasteiger partial charge in [0.2, 0.25) is 5.91 Å². The summed E-state index contributed by atoms with van der Waals surface area (Å²) in [7, 11) is 0. The summed E-state index contributed by atoms with van der Waals surface area (Å²) in [5.74, 6) is 0.201. The van der Waals surface area contributed by atoms with Crippen molar-refractivity contribution in [1.82, 2.24) is 16.2 Å². The molecule has 0 bridgehead atoms. The first-order valence-electron chi connectivity index (χ1n) is 8.79. The molecule has 0 saturated heterocycles. The van der Waals surface area contributed by atoms with E-state index in [0.29, 0.717) is 11.5 Å². The van der Waals surface area contributed by atoms with E-state index in [-0.39, 0.29) is 5.11 Å². The Hall–Kier alpha value is -3.65. The number of carbonyl (C=O) groups excluding carboxylic acids is 2. The molecule has 29 heavy (non-hydrogen) atoms. The van der Waals surface area contributed by atoms with E-state index in [1.807, 2.05) is 36.4 Å². The van der Waals surface area contributed by atoms with Gasteiger partial charge >= 0.3 is 0 Å². The topological polar surface area (TPSA) is 92.6 Å². The molecule has 1 heterocycles. The van der Waals surface area contributed by atoms with Crippen LogP contribution in [0.1, 0.15) is 12.7 Å². The maximum absolute atomic E-state index is 12.2. The van der Waals surface area contributed by atoms with E-state index >= 15 is 0 Å². The molecule has 0 fully saturated rings. The van der Waals surface area contributed by atoms with Gasteiger partial charge in [0, 0.05) is 6.08 Å². The number of fused-ring (bicyclic) bond motifs is 1. The smallest absolute Gasteiger partial charge is 0.279 e. The Morgan fingerprint density at radius 3 is 2.62 bits per heavy atom. The lowest BCUT2D eigenvalue weighted by molar-refractivity contribution is -0.128. The molecule has 7 nitrogen and oxygen atoms in total. The van der Waals surface area contributed by atoms with Crippen LogP contribution < -0.4 is 20.9 Å². The molecule has 0 radical (unpaired) electrons. The Morgan fingerprint density at radius 2 is 1.86 bits per heavy atom. The number of hydrazine groups is 1. The Labute approximate surface area is 172 Å². The Kier molecular flexibility index (Phi) is 6.59. The van der Waals surface area contributed by atoms with Crippen molar-refractivity contribution in [3.05, 3.63) is 72.7 Å². The number of amides is 2. The minimum absolute atomic E-state index is 0.0506. The van der Waals surface area contributed by atoms with Gasteiger partial charge in [0.05, 0.1) is 6.26 Å². The third-order valence-electron chi connectivity index (χ3n) is 3.88. The van der Waals surface area contributed by atoms with Crippen LogP contribution >= 0.6 is 12.2 Å². The van der Waals surface area contributed by atoms with Gasteiger partial charge in [-0.15, -0.1) is 0 Å². The summed E-state index contributed by atoms with van der Waals surface area (Å²) < 4.78 is 10.8. The van der Waals surface area contributed by atoms with E-state index in [2.05, 4.69) is 16.2 Å². The summed E-state index contributed by atoms with van der Waals surface area (Å²) in [5, 5.41) is 4.45. The third kappa shape index (κ3) is 5.91. The summed E-state index contributed by atoms with van der Waals surface area (Å²) in [6.07, 6.45) is 3.48. The minimum Gasteiger partial charge on any atom is -0.481 e. The lowest BCUT2D eigenvalue weighted by Gasteiger charge is -2.16. The SMILES string of the molecule is C[C@@H](Oc1ccc2ccccc2c1)C(=O)NNC(=S)NC(=O)/C=C/c1ccco1. The molecule has 0 aliphatic carbocycles. The minimum atomic E-state index is -0.777. The van der Waals surface area contributed by atoms with E-state index in [1.54, 1.807) is 25.1 Å². The number of hydrogen-bond donors (Lipinski definition) is 3. The van der Waals surface area contributed by atoms with E-state index < -0.39 is 17.9 Å². The lowest BCUT2D eigenvalue weighted by atomic mass is 10.1. The van der Waals surface area contributed by atoms with Crippen LogP contribution in [-0.2, 0) is 9.59 Å². The van der Waals surface area contributed by atoms with E-state index in [9.17, 15) is 9.59 Å². The lowest BCUT2D eigenvalue weighted by Crippen LogP contribution is -2.51. The molecule has 2 amide bonds. The van der Waals surface area contributed by atoms with Gasteiger partial charge in [0.1, 0.15) is 11.5 Å². The molecule has 3 N–H and O–H groups in total. The molecular weight excluding hydrogens is 390 g/mol. The number of furan rings is 1. The van der Waals surface area contributed by atoms with Gasteiger partial charge in [-0.05, 0) is 60.3 Å². The second kappa shape index (κ2) is 9.52. The molecule has 148 valence electrons. The molecular formula is C21H19N3O4S. The molecule has 1 aromatic heterocycles. The molecule has 0 unspecified atom stereocenters. The van der Waals surface area contributed by atoms with Gasteiger partial charge in [-0.3, -0.25) is 25.8 Å². The highest BCUT2D eigenvalue weighted by Gasteiger charge is 2.15. The first-order chi connectivity index (χ1) is 14.0. The van der Waals surface area contributed by atoms with Crippen LogP contribution in [0.5, 0.6) is 5.75 Å². The van der Waals surface area contributed by atoms with E-state index in [0.717, 1.165) is 10.8 Å². The van der Waals surface area contributed by atoms with Gasteiger partial charge in [0.25, 0.3) is 5.91 Å². The first-order valence-corrected chi connectivity index (χ1v) is 9.20. The molecule has 3 rings (SSSR count). The largest absolute Gasteiger partial charge is 0.481 e. The third-order valence-corrected chi connectivity index (χ3v) is 4.09. The predicted octanol–water partition coefficient (Wildman–Crippen LogP) is 2.94. The number of nitrogens with one attached hydrogen (secondary N) is 3. The quantitative estimate of drug-likeness (QED) is 0.341. The maximum atomic E-state index is 12.2. The van der Waals surface area contributed by atoms with Crippen molar-refractivity contribution in [3.8, 4) is 5.75 Å². The van der Waals surface area contributed by atoms with Crippen LogP contribution in [-0.4, -0.2) is 23.0 Å². The number of rotatable bonds is 5. The number of ether oxygens (including phenoxy) is 1. The molecule has 1 atom stereocenters. The fourth-order valence-electron chi connectivity index (χ4n) is 2.45. The summed E-state index contributed by atoms with van der Waals surface area (Å²) in [6, 6.07) is 16.9. The standard InChI is InChI=1S/C21H19N3O4S/c1-14(28-18-9-8-15-5-2-3-6-16(15)13-18)20(26)23-24-21(29)22-19(25)11-10-17-7-4-12-27-17/h2-14H,1H3,(H,23,26)(H2,22,24,25,29)/b11-10+/t14-/m1/s1. The molecule has 0 saturated carbocycles. The molecule has 8 heteroatoms. The zero-order valence-corrected chi connectivity index (χ0v) is 16.4. The van der Waals surface area contributed by atoms with Crippen molar-refractivity contribution in [2.75, 3.05) is 0 Å². The summed E-state index contributed by atoms with van der Waals surface area (Å²) in [6.45, 7) is 1.61. The van der Waals surface area contributed by atoms with Crippen LogP contribution in [0, 0.1) is 0 Å². The van der Waals surface area contributed by atoms with Crippen LogP contribution in [0.25, 0.3) is 16.8 Å². The second-order valence-corrected chi connectivity index (χ2v) is 6.46. The normalized spacial score (nSPS) is 11.8. The summed E-state index contributed by atoms with van der Waals surface area (Å²) >= 11 is 4.98. The maximum Gasteiger partial charge on any atom is 0.279 e. The Morgan fingerprint density at radius 1 is 1.07 bits per heavy atom. The van der Waals surface area contributed by atoms with Gasteiger partial charge < -0.3 is 9.15 Å². The average Bonchev–Trinajstić information content (AvgIpc) is 3.24.